The number of methoxy groups -OCH3 is 1. The van der Waals surface area contributed by atoms with Gasteiger partial charge in [-0.3, -0.25) is 0 Å². The zero-order valence-corrected chi connectivity index (χ0v) is 11.5. The molecule has 0 saturated carbocycles. The summed E-state index contributed by atoms with van der Waals surface area (Å²) in [6.07, 6.45) is 0. The summed E-state index contributed by atoms with van der Waals surface area (Å²) in [5.74, 6) is -0.275. The van der Waals surface area contributed by atoms with E-state index in [0.717, 1.165) is 10.8 Å². The highest BCUT2D eigenvalue weighted by Crippen LogP contribution is 2.38. The predicted octanol–water partition coefficient (Wildman–Crippen LogP) is 4.00. The summed E-state index contributed by atoms with van der Waals surface area (Å²) in [6, 6.07) is 18.4. The van der Waals surface area contributed by atoms with Crippen molar-refractivity contribution in [3.8, 4) is 16.9 Å². The van der Waals surface area contributed by atoms with Crippen LogP contribution >= 0.6 is 0 Å². The van der Waals surface area contributed by atoms with Gasteiger partial charge in [0, 0.05) is 11.1 Å². The van der Waals surface area contributed by atoms with Crippen LogP contribution in [0.1, 0.15) is 10.4 Å². The number of fused-ring (bicyclic) bond motifs is 1. The molecular weight excluding hydrogens is 264 g/mol. The number of carbonyl (C=O) groups excluding carboxylic acids is 1. The van der Waals surface area contributed by atoms with E-state index in [-0.39, 0.29) is 5.75 Å². The third-order valence-corrected chi connectivity index (χ3v) is 3.51. The molecule has 3 heteroatoms. The second-order valence-corrected chi connectivity index (χ2v) is 4.72. The lowest BCUT2D eigenvalue weighted by molar-refractivity contribution is 0.0601. The van der Waals surface area contributed by atoms with Crippen molar-refractivity contribution in [2.45, 2.75) is 0 Å². The van der Waals surface area contributed by atoms with Gasteiger partial charge in [-0.25, -0.2) is 4.79 Å². The summed E-state index contributed by atoms with van der Waals surface area (Å²) in [7, 11) is 1.35. The summed E-state index contributed by atoms with van der Waals surface area (Å²) in [4.78, 5) is 12.0. The van der Waals surface area contributed by atoms with Crippen molar-refractivity contribution in [2.24, 2.45) is 0 Å². The van der Waals surface area contributed by atoms with Gasteiger partial charge in [0.15, 0.2) is 0 Å². The Bertz CT molecular complexity index is 822. The average molecular weight is 278 g/mol. The molecule has 21 heavy (non-hydrogen) atoms. The third-order valence-electron chi connectivity index (χ3n) is 3.51. The van der Waals surface area contributed by atoms with E-state index in [1.54, 1.807) is 18.2 Å². The largest absolute Gasteiger partial charge is 0.507 e. The van der Waals surface area contributed by atoms with Crippen molar-refractivity contribution in [1.29, 1.82) is 0 Å². The number of phenolic OH excluding ortho intramolecular Hbond substituents is 1. The van der Waals surface area contributed by atoms with E-state index < -0.39 is 5.97 Å². The maximum absolute atomic E-state index is 12.0. The minimum atomic E-state index is -0.419. The molecule has 3 aromatic carbocycles. The monoisotopic (exact) mass is 278 g/mol. The van der Waals surface area contributed by atoms with Crippen LogP contribution in [0.15, 0.2) is 60.7 Å². The third kappa shape index (κ3) is 2.23. The number of hydrogen-bond donors (Lipinski definition) is 1. The summed E-state index contributed by atoms with van der Waals surface area (Å²) >= 11 is 0. The molecule has 0 unspecified atom stereocenters. The van der Waals surface area contributed by atoms with Crippen LogP contribution in [0, 0.1) is 0 Å². The molecule has 0 aromatic heterocycles. The summed E-state index contributed by atoms with van der Waals surface area (Å²) < 4.78 is 4.83. The van der Waals surface area contributed by atoms with Gasteiger partial charge in [0.25, 0.3) is 0 Å². The van der Waals surface area contributed by atoms with E-state index in [0.29, 0.717) is 16.7 Å². The first-order valence-electron chi connectivity index (χ1n) is 6.61. The van der Waals surface area contributed by atoms with E-state index in [4.69, 9.17) is 4.74 Å². The van der Waals surface area contributed by atoms with E-state index in [2.05, 4.69) is 0 Å². The molecule has 0 aliphatic heterocycles. The van der Waals surface area contributed by atoms with Gasteiger partial charge in [-0.1, -0.05) is 48.5 Å². The maximum atomic E-state index is 12.0. The molecule has 0 fully saturated rings. The van der Waals surface area contributed by atoms with Gasteiger partial charge in [-0.15, -0.1) is 0 Å². The van der Waals surface area contributed by atoms with Crippen LogP contribution in [0.3, 0.4) is 0 Å². The number of benzene rings is 3. The predicted molar refractivity (Wildman–Crippen MR) is 82.4 cm³/mol. The Morgan fingerprint density at radius 1 is 0.952 bits per heavy atom. The molecule has 0 atom stereocenters. The topological polar surface area (TPSA) is 46.5 Å². The van der Waals surface area contributed by atoms with Crippen LogP contribution in [0.5, 0.6) is 5.75 Å². The van der Waals surface area contributed by atoms with Crippen molar-refractivity contribution in [2.75, 3.05) is 7.11 Å². The number of aromatic hydroxyl groups is 1. The molecule has 0 spiro atoms. The molecule has 0 amide bonds. The summed E-state index contributed by atoms with van der Waals surface area (Å²) in [5.41, 5.74) is 1.75. The van der Waals surface area contributed by atoms with E-state index >= 15 is 0 Å². The Morgan fingerprint density at radius 2 is 1.67 bits per heavy atom. The van der Waals surface area contributed by atoms with Crippen molar-refractivity contribution >= 4 is 16.7 Å². The molecule has 0 saturated heterocycles. The average Bonchev–Trinajstić information content (AvgIpc) is 2.54. The number of phenols is 1. The number of ether oxygens (including phenoxy) is 1. The molecule has 0 radical (unpaired) electrons. The minimum absolute atomic E-state index is 0.144. The lowest BCUT2D eigenvalue weighted by Crippen LogP contribution is -2.03. The molecule has 0 aliphatic carbocycles. The van der Waals surface area contributed by atoms with Crippen LogP contribution in [0.4, 0.5) is 0 Å². The number of hydrogen-bond acceptors (Lipinski definition) is 3. The highest BCUT2D eigenvalue weighted by Gasteiger charge is 2.17. The van der Waals surface area contributed by atoms with Crippen LogP contribution in [0.2, 0.25) is 0 Å². The molecule has 0 heterocycles. The van der Waals surface area contributed by atoms with Crippen LogP contribution in [-0.2, 0) is 4.74 Å². The van der Waals surface area contributed by atoms with E-state index in [9.17, 15) is 9.90 Å². The number of rotatable bonds is 2. The van der Waals surface area contributed by atoms with Gasteiger partial charge in [0.1, 0.15) is 5.75 Å². The van der Waals surface area contributed by atoms with Gasteiger partial charge >= 0.3 is 5.97 Å². The second kappa shape index (κ2) is 5.29. The van der Waals surface area contributed by atoms with Gasteiger partial charge in [0.2, 0.25) is 0 Å². The van der Waals surface area contributed by atoms with E-state index in [1.165, 1.54) is 7.11 Å². The number of carbonyl (C=O) groups is 1. The zero-order valence-electron chi connectivity index (χ0n) is 11.5. The Labute approximate surface area is 122 Å². The normalized spacial score (nSPS) is 10.5. The van der Waals surface area contributed by atoms with Crippen molar-refractivity contribution in [1.82, 2.24) is 0 Å². The quantitative estimate of drug-likeness (QED) is 0.721. The lowest BCUT2D eigenvalue weighted by Gasteiger charge is -2.12. The fraction of sp³-hybridized carbons (Fsp3) is 0.0556. The number of esters is 1. The summed E-state index contributed by atoms with van der Waals surface area (Å²) in [5, 5.41) is 12.2. The summed E-state index contributed by atoms with van der Waals surface area (Å²) in [6.45, 7) is 0. The van der Waals surface area contributed by atoms with E-state index in [1.807, 2.05) is 42.5 Å². The van der Waals surface area contributed by atoms with Gasteiger partial charge in [-0.2, -0.15) is 0 Å². The Morgan fingerprint density at radius 3 is 2.48 bits per heavy atom. The van der Waals surface area contributed by atoms with Crippen molar-refractivity contribution in [3.05, 3.63) is 66.2 Å². The van der Waals surface area contributed by atoms with Crippen LogP contribution in [-0.4, -0.2) is 18.2 Å². The molecule has 3 rings (SSSR count). The zero-order chi connectivity index (χ0) is 14.8. The molecule has 0 bridgehead atoms. The second-order valence-electron chi connectivity index (χ2n) is 4.72. The molecule has 1 N–H and O–H groups in total. The van der Waals surface area contributed by atoms with Gasteiger partial charge in [-0.05, 0) is 22.9 Å². The maximum Gasteiger partial charge on any atom is 0.338 e. The molecule has 3 aromatic rings. The first kappa shape index (κ1) is 13.2. The Kier molecular flexibility index (Phi) is 3.32. The van der Waals surface area contributed by atoms with Gasteiger partial charge in [0.05, 0.1) is 12.7 Å². The lowest BCUT2D eigenvalue weighted by atomic mass is 9.94. The molecular formula is C18H14O3. The van der Waals surface area contributed by atoms with Gasteiger partial charge < -0.3 is 9.84 Å². The Hall–Kier alpha value is -2.81. The fourth-order valence-electron chi connectivity index (χ4n) is 2.53. The Balaban J connectivity index is 2.36. The standard InChI is InChI=1S/C18H14O3/c1-21-18(20)15-9-5-4-8-14(15)17-13-7-3-2-6-12(13)10-11-16(17)19/h2-11,19H,1H3. The minimum Gasteiger partial charge on any atom is -0.507 e. The SMILES string of the molecule is COC(=O)c1ccccc1-c1c(O)ccc2ccccc12. The molecule has 104 valence electrons. The van der Waals surface area contributed by atoms with Crippen LogP contribution in [0.25, 0.3) is 21.9 Å². The van der Waals surface area contributed by atoms with Crippen LogP contribution < -0.4 is 0 Å². The first-order valence-corrected chi connectivity index (χ1v) is 6.61. The fourth-order valence-corrected chi connectivity index (χ4v) is 2.53. The first-order chi connectivity index (χ1) is 10.2. The molecule has 3 nitrogen and oxygen atoms in total. The van der Waals surface area contributed by atoms with Crippen molar-refractivity contribution in [3.63, 3.8) is 0 Å². The highest BCUT2D eigenvalue weighted by atomic mass is 16.5. The smallest absolute Gasteiger partial charge is 0.338 e. The van der Waals surface area contributed by atoms with Crippen molar-refractivity contribution < 1.29 is 14.6 Å². The molecule has 0 aliphatic rings. The highest BCUT2D eigenvalue weighted by molar-refractivity contribution is 6.06.